The quantitative estimate of drug-likeness (QED) is 0.528. The second-order valence-electron chi connectivity index (χ2n) is 3.71. The summed E-state index contributed by atoms with van der Waals surface area (Å²) in [6.07, 6.45) is 1.46. The summed E-state index contributed by atoms with van der Waals surface area (Å²) in [5, 5.41) is 20.3. The fourth-order valence-corrected chi connectivity index (χ4v) is 1.12. The van der Waals surface area contributed by atoms with Crippen molar-refractivity contribution < 1.29 is 19.8 Å². The minimum absolute atomic E-state index is 0.154. The SMILES string of the molecule is CC(C(=O)O)C(=O)NCC(O)C1CC1. The normalized spacial score (nSPS) is 19.9. The van der Waals surface area contributed by atoms with Crippen molar-refractivity contribution in [3.63, 3.8) is 0 Å². The smallest absolute Gasteiger partial charge is 0.315 e. The van der Waals surface area contributed by atoms with Crippen LogP contribution in [0.2, 0.25) is 0 Å². The average Bonchev–Trinajstić information content (AvgIpc) is 2.95. The van der Waals surface area contributed by atoms with Crippen LogP contribution in [0, 0.1) is 11.8 Å². The molecular weight excluding hydrogens is 186 g/mol. The summed E-state index contributed by atoms with van der Waals surface area (Å²) in [4.78, 5) is 21.5. The van der Waals surface area contributed by atoms with Crippen LogP contribution in [0.4, 0.5) is 0 Å². The van der Waals surface area contributed by atoms with E-state index >= 15 is 0 Å². The predicted octanol–water partition coefficient (Wildman–Crippen LogP) is -0.406. The summed E-state index contributed by atoms with van der Waals surface area (Å²) in [6, 6.07) is 0. The van der Waals surface area contributed by atoms with Crippen LogP contribution >= 0.6 is 0 Å². The van der Waals surface area contributed by atoms with Crippen LogP contribution in [0.15, 0.2) is 0 Å². The van der Waals surface area contributed by atoms with Crippen LogP contribution in [-0.4, -0.2) is 34.7 Å². The topological polar surface area (TPSA) is 86.6 Å². The second kappa shape index (κ2) is 4.41. The fourth-order valence-electron chi connectivity index (χ4n) is 1.12. The molecule has 0 aromatic carbocycles. The maximum absolute atomic E-state index is 11.1. The van der Waals surface area contributed by atoms with Gasteiger partial charge in [0.25, 0.3) is 0 Å². The van der Waals surface area contributed by atoms with Crippen molar-refractivity contribution in [2.24, 2.45) is 11.8 Å². The average molecular weight is 201 g/mol. The molecule has 0 aliphatic heterocycles. The zero-order chi connectivity index (χ0) is 10.7. The van der Waals surface area contributed by atoms with Gasteiger partial charge in [-0.25, -0.2) is 0 Å². The van der Waals surface area contributed by atoms with E-state index in [1.165, 1.54) is 6.92 Å². The Bertz CT molecular complexity index is 237. The predicted molar refractivity (Wildman–Crippen MR) is 48.5 cm³/mol. The Morgan fingerprint density at radius 1 is 1.50 bits per heavy atom. The summed E-state index contributed by atoms with van der Waals surface area (Å²) in [6.45, 7) is 1.47. The number of carboxylic acids is 1. The molecule has 0 saturated heterocycles. The number of hydrogen-bond donors (Lipinski definition) is 3. The molecule has 2 unspecified atom stereocenters. The molecule has 1 rings (SSSR count). The van der Waals surface area contributed by atoms with E-state index in [0.29, 0.717) is 0 Å². The Balaban J connectivity index is 2.22. The molecule has 3 N–H and O–H groups in total. The van der Waals surface area contributed by atoms with Gasteiger partial charge in [0.1, 0.15) is 5.92 Å². The fraction of sp³-hybridized carbons (Fsp3) is 0.778. The Hall–Kier alpha value is -1.10. The van der Waals surface area contributed by atoms with E-state index in [-0.39, 0.29) is 12.5 Å². The van der Waals surface area contributed by atoms with Crippen LogP contribution in [-0.2, 0) is 9.59 Å². The number of nitrogens with one attached hydrogen (secondary N) is 1. The third-order valence-corrected chi connectivity index (χ3v) is 2.42. The van der Waals surface area contributed by atoms with Gasteiger partial charge in [-0.1, -0.05) is 0 Å². The van der Waals surface area contributed by atoms with Gasteiger partial charge in [0.05, 0.1) is 6.10 Å². The maximum atomic E-state index is 11.1. The molecule has 1 saturated carbocycles. The summed E-state index contributed by atoms with van der Waals surface area (Å²) >= 11 is 0. The lowest BCUT2D eigenvalue weighted by atomic mass is 10.1. The lowest BCUT2D eigenvalue weighted by Gasteiger charge is -2.12. The molecule has 14 heavy (non-hydrogen) atoms. The molecule has 2 atom stereocenters. The first-order chi connectivity index (χ1) is 6.52. The number of aliphatic hydroxyl groups excluding tert-OH is 1. The Morgan fingerprint density at radius 2 is 2.07 bits per heavy atom. The number of amides is 1. The first-order valence-electron chi connectivity index (χ1n) is 4.71. The van der Waals surface area contributed by atoms with E-state index in [1.54, 1.807) is 0 Å². The molecule has 0 radical (unpaired) electrons. The molecule has 1 aliphatic rings. The lowest BCUT2D eigenvalue weighted by molar-refractivity contribution is -0.146. The van der Waals surface area contributed by atoms with E-state index in [9.17, 15) is 14.7 Å². The first kappa shape index (κ1) is 11.0. The van der Waals surface area contributed by atoms with E-state index in [4.69, 9.17) is 5.11 Å². The lowest BCUT2D eigenvalue weighted by Crippen LogP contribution is -2.38. The number of rotatable bonds is 5. The standard InChI is InChI=1S/C9H15NO4/c1-5(9(13)14)8(12)10-4-7(11)6-2-3-6/h5-7,11H,2-4H2,1H3,(H,10,12)(H,13,14). The van der Waals surface area contributed by atoms with E-state index in [1.807, 2.05) is 0 Å². The molecule has 0 aromatic heterocycles. The highest BCUT2D eigenvalue weighted by Crippen LogP contribution is 2.32. The van der Waals surface area contributed by atoms with Gasteiger partial charge in [-0.15, -0.1) is 0 Å². The van der Waals surface area contributed by atoms with E-state index < -0.39 is 23.9 Å². The number of aliphatic carboxylic acids is 1. The van der Waals surface area contributed by atoms with Crippen molar-refractivity contribution in [1.29, 1.82) is 0 Å². The molecule has 80 valence electrons. The molecule has 0 aromatic rings. The third kappa shape index (κ3) is 2.99. The molecule has 5 nitrogen and oxygen atoms in total. The van der Waals surface area contributed by atoms with Crippen molar-refractivity contribution in [2.75, 3.05) is 6.54 Å². The monoisotopic (exact) mass is 201 g/mol. The number of hydrogen-bond acceptors (Lipinski definition) is 3. The summed E-state index contributed by atoms with van der Waals surface area (Å²) < 4.78 is 0. The summed E-state index contributed by atoms with van der Waals surface area (Å²) in [5.74, 6) is -2.46. The van der Waals surface area contributed by atoms with E-state index in [2.05, 4.69) is 5.32 Å². The minimum atomic E-state index is -1.15. The van der Waals surface area contributed by atoms with Crippen LogP contribution in [0.5, 0.6) is 0 Å². The highest BCUT2D eigenvalue weighted by Gasteiger charge is 2.30. The zero-order valence-electron chi connectivity index (χ0n) is 8.06. The van der Waals surface area contributed by atoms with Crippen molar-refractivity contribution in [2.45, 2.75) is 25.9 Å². The molecule has 1 fully saturated rings. The zero-order valence-corrected chi connectivity index (χ0v) is 8.06. The molecule has 1 amide bonds. The van der Waals surface area contributed by atoms with Gasteiger partial charge in [-0.2, -0.15) is 0 Å². The summed E-state index contributed by atoms with van der Waals surface area (Å²) in [7, 11) is 0. The van der Waals surface area contributed by atoms with Gasteiger partial charge in [-0.05, 0) is 25.7 Å². The van der Waals surface area contributed by atoms with Crippen molar-refractivity contribution in [1.82, 2.24) is 5.32 Å². The molecule has 1 aliphatic carbocycles. The van der Waals surface area contributed by atoms with Crippen LogP contribution < -0.4 is 5.32 Å². The number of aliphatic hydroxyl groups is 1. The van der Waals surface area contributed by atoms with Crippen LogP contribution in [0.1, 0.15) is 19.8 Å². The Morgan fingerprint density at radius 3 is 2.50 bits per heavy atom. The second-order valence-corrected chi connectivity index (χ2v) is 3.71. The van der Waals surface area contributed by atoms with Gasteiger partial charge >= 0.3 is 5.97 Å². The number of carboxylic acid groups (broad SMARTS) is 1. The molecule has 0 spiro atoms. The van der Waals surface area contributed by atoms with Crippen LogP contribution in [0.3, 0.4) is 0 Å². The van der Waals surface area contributed by atoms with Crippen molar-refractivity contribution in [3.8, 4) is 0 Å². The minimum Gasteiger partial charge on any atom is -0.481 e. The maximum Gasteiger partial charge on any atom is 0.315 e. The van der Waals surface area contributed by atoms with Gasteiger partial charge in [0, 0.05) is 6.54 Å². The summed E-state index contributed by atoms with van der Waals surface area (Å²) in [5.41, 5.74) is 0. The molecule has 0 bridgehead atoms. The molecule has 0 heterocycles. The third-order valence-electron chi connectivity index (χ3n) is 2.42. The molecule has 5 heteroatoms. The molecular formula is C9H15NO4. The van der Waals surface area contributed by atoms with Gasteiger partial charge < -0.3 is 15.5 Å². The highest BCUT2D eigenvalue weighted by atomic mass is 16.4. The number of carbonyl (C=O) groups is 2. The van der Waals surface area contributed by atoms with Gasteiger partial charge in [0.15, 0.2) is 0 Å². The van der Waals surface area contributed by atoms with Gasteiger partial charge in [0.2, 0.25) is 5.91 Å². The van der Waals surface area contributed by atoms with Gasteiger partial charge in [-0.3, -0.25) is 9.59 Å². The van der Waals surface area contributed by atoms with E-state index in [0.717, 1.165) is 12.8 Å². The number of carbonyl (C=O) groups excluding carboxylic acids is 1. The Labute approximate surface area is 82.1 Å². The largest absolute Gasteiger partial charge is 0.481 e. The first-order valence-corrected chi connectivity index (χ1v) is 4.71. The Kier molecular flexibility index (Phi) is 3.46. The highest BCUT2D eigenvalue weighted by molar-refractivity contribution is 5.96. The van der Waals surface area contributed by atoms with Crippen molar-refractivity contribution >= 4 is 11.9 Å². The van der Waals surface area contributed by atoms with Crippen molar-refractivity contribution in [3.05, 3.63) is 0 Å². The van der Waals surface area contributed by atoms with Crippen LogP contribution in [0.25, 0.3) is 0 Å².